The number of nitrogen functional groups attached to an aromatic ring is 1. The molecule has 0 spiro atoms. The van der Waals surface area contributed by atoms with Crippen LogP contribution >= 0.6 is 0 Å². The lowest BCUT2D eigenvalue weighted by molar-refractivity contribution is 0.701. The van der Waals surface area contributed by atoms with Gasteiger partial charge < -0.3 is 5.73 Å². The second-order valence-corrected chi connectivity index (χ2v) is 4.30. The van der Waals surface area contributed by atoms with Crippen molar-refractivity contribution >= 4 is 11.5 Å². The van der Waals surface area contributed by atoms with Gasteiger partial charge in [0.25, 0.3) is 11.3 Å². The number of fused-ring (bicyclic) bond motifs is 1. The third kappa shape index (κ3) is 1.95. The zero-order chi connectivity index (χ0) is 13.4. The summed E-state index contributed by atoms with van der Waals surface area (Å²) < 4.78 is 3.02. The molecule has 2 aromatic heterocycles. The number of aromatic nitrogens is 5. The summed E-state index contributed by atoms with van der Waals surface area (Å²) in [4.78, 5) is 12.2. The van der Waals surface area contributed by atoms with Crippen LogP contribution in [0, 0.1) is 6.92 Å². The van der Waals surface area contributed by atoms with Gasteiger partial charge in [-0.3, -0.25) is 9.36 Å². The number of nitrogens with zero attached hydrogens (tertiary/aromatic N) is 5. The summed E-state index contributed by atoms with van der Waals surface area (Å²) in [6.07, 6.45) is 1.47. The maximum Gasteiger partial charge on any atom is 0.276 e. The first-order valence-electron chi connectivity index (χ1n) is 5.77. The first-order valence-corrected chi connectivity index (χ1v) is 5.77. The summed E-state index contributed by atoms with van der Waals surface area (Å²) in [6.45, 7) is 2.05. The van der Waals surface area contributed by atoms with Gasteiger partial charge in [0.05, 0.1) is 6.54 Å². The quantitative estimate of drug-likeness (QED) is 0.662. The largest absolute Gasteiger partial charge is 0.399 e. The highest BCUT2D eigenvalue weighted by Crippen LogP contribution is 2.08. The second kappa shape index (κ2) is 4.20. The van der Waals surface area contributed by atoms with E-state index in [-0.39, 0.29) is 5.56 Å². The van der Waals surface area contributed by atoms with Crippen molar-refractivity contribution in [1.29, 1.82) is 0 Å². The van der Waals surface area contributed by atoms with Gasteiger partial charge in [0, 0.05) is 5.69 Å². The van der Waals surface area contributed by atoms with Crippen molar-refractivity contribution in [1.82, 2.24) is 24.4 Å². The van der Waals surface area contributed by atoms with Gasteiger partial charge in [0.1, 0.15) is 12.0 Å². The van der Waals surface area contributed by atoms with E-state index < -0.39 is 0 Å². The normalized spacial score (nSPS) is 11.0. The number of hydrogen-bond donors (Lipinski definition) is 1. The van der Waals surface area contributed by atoms with Crippen molar-refractivity contribution in [2.24, 2.45) is 0 Å². The SMILES string of the molecule is Cc1nn2cnnc2n(Cc2cccc(N)c2)c1=O. The average molecular weight is 256 g/mol. The molecule has 0 amide bonds. The molecule has 19 heavy (non-hydrogen) atoms. The number of aryl methyl sites for hydroxylation is 1. The van der Waals surface area contributed by atoms with Crippen LogP contribution in [0.5, 0.6) is 0 Å². The molecule has 3 rings (SSSR count). The Kier molecular flexibility index (Phi) is 2.52. The summed E-state index contributed by atoms with van der Waals surface area (Å²) in [5, 5.41) is 11.8. The van der Waals surface area contributed by atoms with E-state index >= 15 is 0 Å². The van der Waals surface area contributed by atoms with E-state index in [9.17, 15) is 4.79 Å². The van der Waals surface area contributed by atoms with E-state index in [4.69, 9.17) is 5.73 Å². The van der Waals surface area contributed by atoms with Crippen LogP contribution in [0.25, 0.3) is 5.78 Å². The van der Waals surface area contributed by atoms with Crippen LogP contribution in [0.4, 0.5) is 5.69 Å². The smallest absolute Gasteiger partial charge is 0.276 e. The third-order valence-electron chi connectivity index (χ3n) is 2.86. The van der Waals surface area contributed by atoms with Gasteiger partial charge in [-0.25, -0.2) is 0 Å². The van der Waals surface area contributed by atoms with Crippen molar-refractivity contribution in [3.05, 3.63) is 52.2 Å². The maximum absolute atomic E-state index is 12.2. The van der Waals surface area contributed by atoms with Crippen LogP contribution in [-0.2, 0) is 6.54 Å². The molecule has 0 atom stereocenters. The molecule has 0 bridgehead atoms. The van der Waals surface area contributed by atoms with Crippen molar-refractivity contribution in [3.63, 3.8) is 0 Å². The number of hydrogen-bond acceptors (Lipinski definition) is 5. The zero-order valence-electron chi connectivity index (χ0n) is 10.3. The predicted octanol–water partition coefficient (Wildman–Crippen LogP) is 0.225. The highest BCUT2D eigenvalue weighted by atomic mass is 16.1. The Balaban J connectivity index is 2.17. The lowest BCUT2D eigenvalue weighted by Gasteiger charge is -2.08. The monoisotopic (exact) mass is 256 g/mol. The molecule has 1 aromatic carbocycles. The van der Waals surface area contributed by atoms with Gasteiger partial charge in [-0.2, -0.15) is 9.61 Å². The summed E-state index contributed by atoms with van der Waals surface area (Å²) in [6, 6.07) is 7.39. The highest BCUT2D eigenvalue weighted by molar-refractivity contribution is 5.41. The molecule has 2 N–H and O–H groups in total. The van der Waals surface area contributed by atoms with E-state index in [2.05, 4.69) is 15.3 Å². The molecule has 7 nitrogen and oxygen atoms in total. The Morgan fingerprint density at radius 2 is 2.21 bits per heavy atom. The first kappa shape index (κ1) is 11.4. The minimum atomic E-state index is -0.178. The minimum absolute atomic E-state index is 0.178. The van der Waals surface area contributed by atoms with Crippen LogP contribution in [-0.4, -0.2) is 24.4 Å². The van der Waals surface area contributed by atoms with Crippen LogP contribution in [0.15, 0.2) is 35.4 Å². The van der Waals surface area contributed by atoms with Crippen LogP contribution in [0.1, 0.15) is 11.3 Å². The molecule has 0 aliphatic heterocycles. The molecular weight excluding hydrogens is 244 g/mol. The molecule has 0 radical (unpaired) electrons. The summed E-state index contributed by atoms with van der Waals surface area (Å²) in [5.74, 6) is 0.415. The average Bonchev–Trinajstić information content (AvgIpc) is 2.83. The fraction of sp³-hybridized carbons (Fsp3) is 0.167. The van der Waals surface area contributed by atoms with Crippen LogP contribution in [0.3, 0.4) is 0 Å². The zero-order valence-corrected chi connectivity index (χ0v) is 10.3. The lowest BCUT2D eigenvalue weighted by Crippen LogP contribution is -2.27. The molecule has 0 unspecified atom stereocenters. The van der Waals surface area contributed by atoms with Crippen LogP contribution < -0.4 is 11.3 Å². The third-order valence-corrected chi connectivity index (χ3v) is 2.86. The van der Waals surface area contributed by atoms with E-state index in [0.29, 0.717) is 23.7 Å². The molecular formula is C12H12N6O. The molecule has 0 aliphatic rings. The number of anilines is 1. The van der Waals surface area contributed by atoms with Crippen molar-refractivity contribution in [2.45, 2.75) is 13.5 Å². The predicted molar refractivity (Wildman–Crippen MR) is 69.7 cm³/mol. The fourth-order valence-corrected chi connectivity index (χ4v) is 1.98. The van der Waals surface area contributed by atoms with E-state index in [1.165, 1.54) is 15.4 Å². The molecule has 2 heterocycles. The standard InChI is InChI=1S/C12H12N6O/c1-8-11(19)17(12-15-14-7-18(12)16-8)6-9-3-2-4-10(13)5-9/h2-5,7H,6,13H2,1H3. The molecule has 7 heteroatoms. The molecule has 96 valence electrons. The Morgan fingerprint density at radius 3 is 3.00 bits per heavy atom. The highest BCUT2D eigenvalue weighted by Gasteiger charge is 2.10. The molecule has 0 aliphatic carbocycles. The Morgan fingerprint density at radius 1 is 1.37 bits per heavy atom. The minimum Gasteiger partial charge on any atom is -0.399 e. The molecule has 0 fully saturated rings. The van der Waals surface area contributed by atoms with E-state index in [1.807, 2.05) is 18.2 Å². The Bertz CT molecular complexity index is 803. The van der Waals surface area contributed by atoms with Gasteiger partial charge in [-0.05, 0) is 24.6 Å². The molecule has 0 saturated heterocycles. The van der Waals surface area contributed by atoms with Crippen molar-refractivity contribution in [3.8, 4) is 0 Å². The summed E-state index contributed by atoms with van der Waals surface area (Å²) in [7, 11) is 0. The molecule has 3 aromatic rings. The maximum atomic E-state index is 12.2. The van der Waals surface area contributed by atoms with Gasteiger partial charge in [0.2, 0.25) is 0 Å². The Labute approximate surface area is 108 Å². The second-order valence-electron chi connectivity index (χ2n) is 4.30. The summed E-state index contributed by atoms with van der Waals surface area (Å²) >= 11 is 0. The van der Waals surface area contributed by atoms with E-state index in [1.54, 1.807) is 13.0 Å². The summed E-state index contributed by atoms with van der Waals surface area (Å²) in [5.41, 5.74) is 7.55. The fourth-order valence-electron chi connectivity index (χ4n) is 1.98. The van der Waals surface area contributed by atoms with Gasteiger partial charge >= 0.3 is 0 Å². The first-order chi connectivity index (χ1) is 9.15. The van der Waals surface area contributed by atoms with Gasteiger partial charge in [-0.15, -0.1) is 10.2 Å². The topological polar surface area (TPSA) is 91.1 Å². The van der Waals surface area contributed by atoms with Gasteiger partial charge in [-0.1, -0.05) is 12.1 Å². The van der Waals surface area contributed by atoms with Crippen molar-refractivity contribution < 1.29 is 0 Å². The number of nitrogens with two attached hydrogens (primary N) is 1. The lowest BCUT2D eigenvalue weighted by atomic mass is 10.2. The Hall–Kier alpha value is -2.70. The van der Waals surface area contributed by atoms with Gasteiger partial charge in [0.15, 0.2) is 0 Å². The number of benzene rings is 1. The van der Waals surface area contributed by atoms with Crippen LogP contribution in [0.2, 0.25) is 0 Å². The number of rotatable bonds is 2. The van der Waals surface area contributed by atoms with E-state index in [0.717, 1.165) is 5.56 Å². The van der Waals surface area contributed by atoms with Crippen molar-refractivity contribution in [2.75, 3.05) is 5.73 Å². The molecule has 0 saturated carbocycles.